The molecule has 3 rings (SSSR count). The van der Waals surface area contributed by atoms with Gasteiger partial charge in [0.05, 0.1) is 5.69 Å². The molecule has 0 fully saturated rings. The van der Waals surface area contributed by atoms with Crippen molar-refractivity contribution in [1.29, 1.82) is 0 Å². The molecular formula is C15H15N5O3S. The SMILES string of the molecule is CC[C@@H](C)n1c(O)c(C=Nc2cccc3nonc23)c(=O)[nH]c1=S. The van der Waals surface area contributed by atoms with Gasteiger partial charge in [0.1, 0.15) is 11.1 Å². The monoisotopic (exact) mass is 345 g/mol. The van der Waals surface area contributed by atoms with Crippen molar-refractivity contribution < 1.29 is 9.74 Å². The van der Waals surface area contributed by atoms with Crippen LogP contribution in [0.4, 0.5) is 5.69 Å². The standard InChI is InChI=1S/C15H15N5O3S/c1-3-8(2)20-14(22)9(13(21)17-15(20)24)7-16-10-5-4-6-11-12(10)19-23-18-11/h4-8,22H,3H2,1-2H3,(H,17,21,24)/t8-/m1/s1. The zero-order chi connectivity index (χ0) is 17.3. The van der Waals surface area contributed by atoms with Crippen LogP contribution in [0.1, 0.15) is 31.9 Å². The van der Waals surface area contributed by atoms with Gasteiger partial charge in [-0.2, -0.15) is 0 Å². The number of rotatable bonds is 4. The molecule has 3 aromatic rings. The Labute approximate surface area is 141 Å². The third-order valence-corrected chi connectivity index (χ3v) is 4.08. The summed E-state index contributed by atoms with van der Waals surface area (Å²) < 4.78 is 6.35. The van der Waals surface area contributed by atoms with E-state index in [4.69, 9.17) is 12.2 Å². The minimum absolute atomic E-state index is 0.0253. The Morgan fingerprint density at radius 2 is 2.29 bits per heavy atom. The predicted octanol–water partition coefficient (Wildman–Crippen LogP) is 2.87. The van der Waals surface area contributed by atoms with E-state index in [2.05, 4.69) is 24.9 Å². The van der Waals surface area contributed by atoms with Crippen molar-refractivity contribution >= 4 is 35.2 Å². The van der Waals surface area contributed by atoms with Crippen LogP contribution in [-0.4, -0.2) is 31.2 Å². The fraction of sp³-hybridized carbons (Fsp3) is 0.267. The first-order valence-corrected chi connectivity index (χ1v) is 7.77. The first kappa shape index (κ1) is 16.1. The molecule has 0 saturated heterocycles. The molecular weight excluding hydrogens is 330 g/mol. The third kappa shape index (κ3) is 2.73. The average Bonchev–Trinajstić information content (AvgIpc) is 3.03. The number of nitrogens with one attached hydrogen (secondary N) is 1. The summed E-state index contributed by atoms with van der Waals surface area (Å²) in [6.45, 7) is 3.86. The molecule has 2 aromatic heterocycles. The molecule has 0 bridgehead atoms. The molecule has 0 saturated carbocycles. The van der Waals surface area contributed by atoms with Gasteiger partial charge in [-0.15, -0.1) is 0 Å². The minimum Gasteiger partial charge on any atom is -0.494 e. The normalized spacial score (nSPS) is 12.9. The molecule has 2 N–H and O–H groups in total. The van der Waals surface area contributed by atoms with Crippen LogP contribution in [0.15, 0.2) is 32.6 Å². The summed E-state index contributed by atoms with van der Waals surface area (Å²) in [7, 11) is 0. The van der Waals surface area contributed by atoms with Crippen molar-refractivity contribution in [3.63, 3.8) is 0 Å². The minimum atomic E-state index is -0.508. The number of H-pyrrole nitrogens is 1. The molecule has 0 amide bonds. The number of fused-ring (bicyclic) bond motifs is 1. The lowest BCUT2D eigenvalue weighted by molar-refractivity contribution is 0.315. The molecule has 24 heavy (non-hydrogen) atoms. The quantitative estimate of drug-likeness (QED) is 0.556. The maximum atomic E-state index is 12.1. The van der Waals surface area contributed by atoms with Crippen LogP contribution in [0.25, 0.3) is 11.0 Å². The van der Waals surface area contributed by atoms with Crippen molar-refractivity contribution in [2.45, 2.75) is 26.3 Å². The zero-order valence-electron chi connectivity index (χ0n) is 13.1. The lowest BCUT2D eigenvalue weighted by atomic mass is 10.2. The van der Waals surface area contributed by atoms with Crippen LogP contribution < -0.4 is 5.56 Å². The van der Waals surface area contributed by atoms with Crippen LogP contribution >= 0.6 is 12.2 Å². The van der Waals surface area contributed by atoms with Gasteiger partial charge >= 0.3 is 0 Å². The van der Waals surface area contributed by atoms with E-state index < -0.39 is 5.56 Å². The van der Waals surface area contributed by atoms with Crippen LogP contribution in [0.5, 0.6) is 5.88 Å². The summed E-state index contributed by atoms with van der Waals surface area (Å²) in [6, 6.07) is 5.12. The topological polar surface area (TPSA) is 109 Å². The van der Waals surface area contributed by atoms with Crippen molar-refractivity contribution in [2.75, 3.05) is 0 Å². The first-order chi connectivity index (χ1) is 11.5. The fourth-order valence-corrected chi connectivity index (χ4v) is 2.65. The van der Waals surface area contributed by atoms with Crippen LogP contribution in [0.3, 0.4) is 0 Å². The Bertz CT molecular complexity index is 1030. The Morgan fingerprint density at radius 3 is 3.04 bits per heavy atom. The second kappa shape index (κ2) is 6.36. The maximum absolute atomic E-state index is 12.1. The fourth-order valence-electron chi connectivity index (χ4n) is 2.29. The van der Waals surface area contributed by atoms with Gasteiger partial charge in [0.2, 0.25) is 5.88 Å². The van der Waals surface area contributed by atoms with E-state index in [1.165, 1.54) is 10.8 Å². The van der Waals surface area contributed by atoms with Crippen molar-refractivity contribution in [2.24, 2.45) is 4.99 Å². The van der Waals surface area contributed by atoms with E-state index in [1.807, 2.05) is 13.8 Å². The number of aliphatic imine (C=N–C) groups is 1. The molecule has 1 aromatic carbocycles. The molecule has 0 aliphatic rings. The lowest BCUT2D eigenvalue weighted by Gasteiger charge is -2.16. The highest BCUT2D eigenvalue weighted by atomic mass is 32.1. The lowest BCUT2D eigenvalue weighted by Crippen LogP contribution is -2.20. The predicted molar refractivity (Wildman–Crippen MR) is 91.6 cm³/mol. The third-order valence-electron chi connectivity index (χ3n) is 3.78. The molecule has 0 aliphatic heterocycles. The Balaban J connectivity index is 2.12. The van der Waals surface area contributed by atoms with Gasteiger partial charge in [-0.1, -0.05) is 13.0 Å². The molecule has 1 atom stereocenters. The summed E-state index contributed by atoms with van der Waals surface area (Å²) in [5.74, 6) is -0.215. The number of aromatic amines is 1. The van der Waals surface area contributed by atoms with E-state index in [-0.39, 0.29) is 22.3 Å². The smallest absolute Gasteiger partial charge is 0.264 e. The molecule has 0 spiro atoms. The molecule has 0 aliphatic carbocycles. The van der Waals surface area contributed by atoms with Gasteiger partial charge < -0.3 is 5.11 Å². The maximum Gasteiger partial charge on any atom is 0.264 e. The first-order valence-electron chi connectivity index (χ1n) is 7.36. The van der Waals surface area contributed by atoms with E-state index >= 15 is 0 Å². The number of benzene rings is 1. The molecule has 0 radical (unpaired) electrons. The molecule has 2 heterocycles. The summed E-state index contributed by atoms with van der Waals surface area (Å²) in [4.78, 5) is 18.9. The summed E-state index contributed by atoms with van der Waals surface area (Å²) in [5, 5.41) is 18.0. The number of hydrogen-bond donors (Lipinski definition) is 2. The van der Waals surface area contributed by atoms with Crippen LogP contribution in [0, 0.1) is 4.77 Å². The highest BCUT2D eigenvalue weighted by Crippen LogP contribution is 2.24. The van der Waals surface area contributed by atoms with E-state index in [0.717, 1.165) is 6.42 Å². The van der Waals surface area contributed by atoms with Crippen molar-refractivity contribution in [3.05, 3.63) is 38.9 Å². The summed E-state index contributed by atoms with van der Waals surface area (Å²) >= 11 is 5.13. The highest BCUT2D eigenvalue weighted by Gasteiger charge is 2.15. The van der Waals surface area contributed by atoms with Crippen molar-refractivity contribution in [3.8, 4) is 5.88 Å². The largest absolute Gasteiger partial charge is 0.494 e. The summed E-state index contributed by atoms with van der Waals surface area (Å²) in [5.41, 5.74) is 1.02. The van der Waals surface area contributed by atoms with E-state index in [9.17, 15) is 9.90 Å². The number of hydrogen-bond acceptors (Lipinski definition) is 7. The Morgan fingerprint density at radius 1 is 1.50 bits per heavy atom. The number of aromatic nitrogens is 4. The van der Waals surface area contributed by atoms with Crippen molar-refractivity contribution in [1.82, 2.24) is 19.9 Å². The van der Waals surface area contributed by atoms with Gasteiger partial charge in [-0.05, 0) is 48.0 Å². The molecule has 9 heteroatoms. The number of nitrogens with zero attached hydrogens (tertiary/aromatic N) is 4. The van der Waals surface area contributed by atoms with E-state index in [1.54, 1.807) is 18.2 Å². The summed E-state index contributed by atoms with van der Waals surface area (Å²) in [6.07, 6.45) is 2.03. The van der Waals surface area contributed by atoms with E-state index in [0.29, 0.717) is 16.7 Å². The second-order valence-electron chi connectivity index (χ2n) is 5.29. The Hall–Kier alpha value is -2.81. The molecule has 8 nitrogen and oxygen atoms in total. The average molecular weight is 345 g/mol. The van der Waals surface area contributed by atoms with Gasteiger partial charge in [0, 0.05) is 12.3 Å². The van der Waals surface area contributed by atoms with Crippen LogP contribution in [0.2, 0.25) is 0 Å². The second-order valence-corrected chi connectivity index (χ2v) is 5.68. The molecule has 124 valence electrons. The number of aromatic hydroxyl groups is 1. The van der Waals surface area contributed by atoms with Crippen LogP contribution in [-0.2, 0) is 0 Å². The van der Waals surface area contributed by atoms with Gasteiger partial charge in [0.15, 0.2) is 10.3 Å². The van der Waals surface area contributed by atoms with Gasteiger partial charge in [-0.3, -0.25) is 19.3 Å². The van der Waals surface area contributed by atoms with Gasteiger partial charge in [0.25, 0.3) is 5.56 Å². The molecule has 0 unspecified atom stereocenters. The highest BCUT2D eigenvalue weighted by molar-refractivity contribution is 7.71. The van der Waals surface area contributed by atoms with Gasteiger partial charge in [-0.25, -0.2) is 4.63 Å². The zero-order valence-corrected chi connectivity index (χ0v) is 13.9. The Kier molecular flexibility index (Phi) is 4.26.